The molecule has 0 unspecified atom stereocenters. The van der Waals surface area contributed by atoms with E-state index in [2.05, 4.69) is 15.5 Å². The van der Waals surface area contributed by atoms with Crippen molar-refractivity contribution in [3.05, 3.63) is 82.2 Å². The van der Waals surface area contributed by atoms with E-state index >= 15 is 0 Å². The van der Waals surface area contributed by atoms with Crippen molar-refractivity contribution in [2.75, 3.05) is 12.1 Å². The van der Waals surface area contributed by atoms with Gasteiger partial charge < -0.3 is 24.1 Å². The number of carbonyl (C=O) groups excluding carboxylic acids is 1. The van der Waals surface area contributed by atoms with Crippen LogP contribution >= 0.6 is 23.2 Å². The van der Waals surface area contributed by atoms with Crippen molar-refractivity contribution in [3.8, 4) is 28.6 Å². The van der Waals surface area contributed by atoms with Crippen LogP contribution in [-0.4, -0.2) is 22.8 Å². The third kappa shape index (κ3) is 4.64. The highest BCUT2D eigenvalue weighted by atomic mass is 35.5. The molecule has 172 valence electrons. The first-order valence-electron chi connectivity index (χ1n) is 10.2. The highest BCUT2D eigenvalue weighted by Gasteiger charge is 2.19. The molecule has 0 saturated carbocycles. The Hall–Kier alpha value is -3.75. The summed E-state index contributed by atoms with van der Waals surface area (Å²) in [6.45, 7) is 1.93. The lowest BCUT2D eigenvalue weighted by atomic mass is 10.1. The van der Waals surface area contributed by atoms with Gasteiger partial charge in [0.05, 0.1) is 5.02 Å². The predicted molar refractivity (Wildman–Crippen MR) is 126 cm³/mol. The Morgan fingerprint density at radius 1 is 1.03 bits per heavy atom. The van der Waals surface area contributed by atoms with Gasteiger partial charge in [-0.05, 0) is 67.6 Å². The number of halogens is 2. The molecule has 0 spiro atoms. The molecule has 1 aliphatic heterocycles. The van der Waals surface area contributed by atoms with Gasteiger partial charge in [-0.3, -0.25) is 4.79 Å². The lowest BCUT2D eigenvalue weighted by Crippen LogP contribution is -2.11. The van der Waals surface area contributed by atoms with Gasteiger partial charge in [0.25, 0.3) is 11.8 Å². The molecule has 0 bridgehead atoms. The fourth-order valence-electron chi connectivity index (χ4n) is 3.27. The smallest absolute Gasteiger partial charge is 0.267 e. The zero-order chi connectivity index (χ0) is 23.7. The molecule has 4 aromatic rings. The van der Waals surface area contributed by atoms with E-state index in [1.54, 1.807) is 67.6 Å². The highest BCUT2D eigenvalue weighted by Crippen LogP contribution is 2.33. The maximum atomic E-state index is 12.6. The molecule has 34 heavy (non-hydrogen) atoms. The molecule has 1 amide bonds. The van der Waals surface area contributed by atoms with E-state index in [0.29, 0.717) is 55.8 Å². The third-order valence-electron chi connectivity index (χ3n) is 5.02. The van der Waals surface area contributed by atoms with E-state index in [4.69, 9.17) is 41.9 Å². The van der Waals surface area contributed by atoms with Crippen LogP contribution in [0.5, 0.6) is 17.2 Å². The number of anilines is 1. The van der Waals surface area contributed by atoms with E-state index in [1.165, 1.54) is 0 Å². The minimum absolute atomic E-state index is 0.152. The number of fused-ring (bicyclic) bond motifs is 1. The van der Waals surface area contributed by atoms with Crippen molar-refractivity contribution < 1.29 is 23.5 Å². The Labute approximate surface area is 204 Å². The van der Waals surface area contributed by atoms with Crippen LogP contribution in [-0.2, 0) is 0 Å². The van der Waals surface area contributed by atoms with Gasteiger partial charge in [-0.2, -0.15) is 4.98 Å². The summed E-state index contributed by atoms with van der Waals surface area (Å²) in [6.07, 6.45) is -0.528. The summed E-state index contributed by atoms with van der Waals surface area (Å²) in [5, 5.41) is 7.77. The maximum Gasteiger partial charge on any atom is 0.267 e. The fraction of sp³-hybridized carbons (Fsp3) is 0.125. The van der Waals surface area contributed by atoms with Crippen LogP contribution in [0.2, 0.25) is 10.0 Å². The summed E-state index contributed by atoms with van der Waals surface area (Å²) < 4.78 is 21.8. The Balaban J connectivity index is 1.24. The summed E-state index contributed by atoms with van der Waals surface area (Å²) in [7, 11) is 0. The van der Waals surface area contributed by atoms with Gasteiger partial charge >= 0.3 is 0 Å². The lowest BCUT2D eigenvalue weighted by molar-refractivity contribution is 0.102. The maximum absolute atomic E-state index is 12.6. The molecular weight excluding hydrogens is 481 g/mol. The van der Waals surface area contributed by atoms with E-state index in [9.17, 15) is 4.79 Å². The minimum Gasteiger partial charge on any atom is -0.479 e. The highest BCUT2D eigenvalue weighted by molar-refractivity contribution is 6.35. The number of rotatable bonds is 6. The molecule has 3 aromatic carbocycles. The number of hydrogen-bond donors (Lipinski definition) is 1. The number of carbonyl (C=O) groups is 1. The molecule has 0 fully saturated rings. The molecule has 1 aliphatic rings. The molecular formula is C24H17Cl2N3O5. The largest absolute Gasteiger partial charge is 0.479 e. The first-order valence-corrected chi connectivity index (χ1v) is 11.0. The van der Waals surface area contributed by atoms with Gasteiger partial charge in [-0.15, -0.1) is 0 Å². The van der Waals surface area contributed by atoms with Gasteiger partial charge in [-0.25, -0.2) is 0 Å². The van der Waals surface area contributed by atoms with Crippen molar-refractivity contribution in [3.63, 3.8) is 0 Å². The van der Waals surface area contributed by atoms with Crippen molar-refractivity contribution in [2.45, 2.75) is 13.0 Å². The van der Waals surface area contributed by atoms with Crippen molar-refractivity contribution in [1.82, 2.24) is 10.1 Å². The third-order valence-corrected chi connectivity index (χ3v) is 5.55. The summed E-state index contributed by atoms with van der Waals surface area (Å²) >= 11 is 12.1. The van der Waals surface area contributed by atoms with E-state index < -0.39 is 6.10 Å². The Kier molecular flexibility index (Phi) is 6.00. The molecule has 0 saturated heterocycles. The monoisotopic (exact) mass is 497 g/mol. The van der Waals surface area contributed by atoms with Crippen LogP contribution in [0, 0.1) is 0 Å². The van der Waals surface area contributed by atoms with Gasteiger partial charge in [0, 0.05) is 21.8 Å². The van der Waals surface area contributed by atoms with Crippen LogP contribution in [0.15, 0.2) is 65.2 Å². The number of amides is 1. The first kappa shape index (κ1) is 22.1. The van der Waals surface area contributed by atoms with Gasteiger partial charge in [-0.1, -0.05) is 28.4 Å². The first-order chi connectivity index (χ1) is 16.5. The average molecular weight is 498 g/mol. The number of aromatic nitrogens is 2. The summed E-state index contributed by atoms with van der Waals surface area (Å²) in [4.78, 5) is 17.0. The molecule has 0 radical (unpaired) electrons. The molecule has 2 heterocycles. The number of nitrogens with one attached hydrogen (secondary N) is 1. The van der Waals surface area contributed by atoms with Gasteiger partial charge in [0.1, 0.15) is 5.75 Å². The number of hydrogen-bond acceptors (Lipinski definition) is 7. The van der Waals surface area contributed by atoms with Crippen molar-refractivity contribution in [2.24, 2.45) is 0 Å². The van der Waals surface area contributed by atoms with Crippen molar-refractivity contribution in [1.29, 1.82) is 0 Å². The van der Waals surface area contributed by atoms with Crippen LogP contribution < -0.4 is 19.5 Å². The Morgan fingerprint density at radius 2 is 1.82 bits per heavy atom. The summed E-state index contributed by atoms with van der Waals surface area (Å²) in [6, 6.07) is 17.1. The van der Waals surface area contributed by atoms with Crippen LogP contribution in [0.25, 0.3) is 11.4 Å². The summed E-state index contributed by atoms with van der Waals surface area (Å²) in [5.74, 6) is 2.05. The average Bonchev–Trinajstić information content (AvgIpc) is 3.51. The predicted octanol–water partition coefficient (Wildman–Crippen LogP) is 6.16. The van der Waals surface area contributed by atoms with Gasteiger partial charge in [0.15, 0.2) is 17.6 Å². The van der Waals surface area contributed by atoms with Crippen molar-refractivity contribution >= 4 is 34.8 Å². The van der Waals surface area contributed by atoms with E-state index in [1.807, 2.05) is 0 Å². The number of ether oxygens (including phenoxy) is 3. The van der Waals surface area contributed by atoms with Crippen LogP contribution in [0.3, 0.4) is 0 Å². The molecule has 10 heteroatoms. The Bertz CT molecular complexity index is 1360. The minimum atomic E-state index is -0.528. The molecule has 1 atom stereocenters. The van der Waals surface area contributed by atoms with E-state index in [0.717, 1.165) is 0 Å². The SMILES string of the molecule is C[C@@H](Oc1ccc(Cl)cc1Cl)c1nc(-c2ccc(NC(=O)c3ccc4c(c3)OCO4)cc2)no1. The quantitative estimate of drug-likeness (QED) is 0.340. The zero-order valence-electron chi connectivity index (χ0n) is 17.7. The number of benzene rings is 3. The Morgan fingerprint density at radius 3 is 2.62 bits per heavy atom. The number of nitrogens with zero attached hydrogens (tertiary/aromatic N) is 2. The van der Waals surface area contributed by atoms with Gasteiger partial charge in [0.2, 0.25) is 12.6 Å². The molecule has 5 rings (SSSR count). The second-order valence-corrected chi connectivity index (χ2v) is 8.23. The standard InChI is InChI=1S/C24H17Cl2N3O5/c1-13(33-19-9-5-16(25)11-18(19)26)24-28-22(29-34-24)14-2-6-17(7-3-14)27-23(30)15-4-8-20-21(10-15)32-12-31-20/h2-11,13H,12H2,1H3,(H,27,30)/t13-/m1/s1. The van der Waals surface area contributed by atoms with E-state index in [-0.39, 0.29) is 12.7 Å². The molecule has 0 aliphatic carbocycles. The second kappa shape index (κ2) is 9.24. The van der Waals surface area contributed by atoms with Crippen LogP contribution in [0.4, 0.5) is 5.69 Å². The fourth-order valence-corrected chi connectivity index (χ4v) is 3.73. The van der Waals surface area contributed by atoms with Crippen LogP contribution in [0.1, 0.15) is 29.3 Å². The molecule has 1 aromatic heterocycles. The molecule has 8 nitrogen and oxygen atoms in total. The summed E-state index contributed by atoms with van der Waals surface area (Å²) in [5.41, 5.74) is 1.79. The second-order valence-electron chi connectivity index (χ2n) is 7.39. The molecule has 1 N–H and O–H groups in total. The lowest BCUT2D eigenvalue weighted by Gasteiger charge is -2.12. The topological polar surface area (TPSA) is 95.7 Å². The normalized spacial score (nSPS) is 12.9. The zero-order valence-corrected chi connectivity index (χ0v) is 19.3.